The van der Waals surface area contributed by atoms with Crippen molar-refractivity contribution in [3.63, 3.8) is 0 Å². The highest BCUT2D eigenvalue weighted by Gasteiger charge is 2.27. The molecule has 1 atom stereocenters. The van der Waals surface area contributed by atoms with Gasteiger partial charge in [-0.05, 0) is 55.2 Å². The third-order valence-corrected chi connectivity index (χ3v) is 12.9. The highest BCUT2D eigenvalue weighted by Crippen LogP contribution is 2.47. The van der Waals surface area contributed by atoms with Crippen molar-refractivity contribution in [2.75, 3.05) is 0 Å². The summed E-state index contributed by atoms with van der Waals surface area (Å²) < 4.78 is 12.4. The van der Waals surface area contributed by atoms with Crippen LogP contribution in [0.25, 0.3) is 111 Å². The maximum absolute atomic E-state index is 7.39. The fraction of sp³-hybridized carbons (Fsp3) is 0.0702. The molecule has 4 heterocycles. The molecular weight excluding hydrogens is 771 g/mol. The molecule has 0 spiro atoms. The van der Waals surface area contributed by atoms with E-state index >= 15 is 0 Å². The van der Waals surface area contributed by atoms with Crippen molar-refractivity contribution in [2.24, 2.45) is 0 Å². The summed E-state index contributed by atoms with van der Waals surface area (Å²) in [7, 11) is 0. The minimum Gasteiger partial charge on any atom is -0.453 e. The lowest BCUT2D eigenvalue weighted by Gasteiger charge is -2.19. The van der Waals surface area contributed by atoms with Crippen molar-refractivity contribution in [3.05, 3.63) is 200 Å². The number of rotatable bonds is 6. The van der Waals surface area contributed by atoms with E-state index in [0.717, 1.165) is 85.7 Å². The smallest absolute Gasteiger partial charge is 0.164 e. The molecule has 0 saturated carbocycles. The van der Waals surface area contributed by atoms with Crippen LogP contribution in [0.15, 0.2) is 199 Å². The van der Waals surface area contributed by atoms with Gasteiger partial charge in [0, 0.05) is 60.1 Å². The van der Waals surface area contributed by atoms with Gasteiger partial charge in [-0.2, -0.15) is 0 Å². The third-order valence-electron chi connectivity index (χ3n) is 12.9. The van der Waals surface area contributed by atoms with Crippen molar-refractivity contribution < 1.29 is 4.42 Å². The molecule has 298 valence electrons. The Morgan fingerprint density at radius 2 is 1.17 bits per heavy atom. The second kappa shape index (κ2) is 14.3. The normalized spacial score (nSPS) is 15.2. The molecule has 7 aromatic carbocycles. The molecule has 0 amide bonds. The number of benzene rings is 7. The molecule has 1 unspecified atom stereocenters. The standard InChI is InChI=1S/C57H39N5O/c1-5-18-36(19-6-1)40-32-35-46(57-59-55(37-20-7-2-8-21-37)58-56(60-57)38-22-9-3-10-23-38)50-45-28-17-31-49(53(45)63-54(40)50)62-48-30-16-14-27-42(48)44-34-33-43-41-26-13-15-29-47(41)61(51(43)52(44)62)39-24-11-4-12-25-39/h1-2,4-9,11-24,26-35,39H,3,10,25H2. The van der Waals surface area contributed by atoms with Gasteiger partial charge in [-0.3, -0.25) is 0 Å². The van der Waals surface area contributed by atoms with Gasteiger partial charge in [-0.15, -0.1) is 0 Å². The molecule has 0 radical (unpaired) electrons. The molecule has 63 heavy (non-hydrogen) atoms. The maximum Gasteiger partial charge on any atom is 0.164 e. The Balaban J connectivity index is 1.15. The highest BCUT2D eigenvalue weighted by atomic mass is 16.3. The molecule has 0 saturated heterocycles. The summed E-state index contributed by atoms with van der Waals surface area (Å²) in [5.41, 5.74) is 12.2. The lowest BCUT2D eigenvalue weighted by atomic mass is 9.97. The van der Waals surface area contributed by atoms with Crippen molar-refractivity contribution in [3.8, 4) is 39.6 Å². The van der Waals surface area contributed by atoms with E-state index in [1.165, 1.54) is 32.6 Å². The average Bonchev–Trinajstić information content (AvgIpc) is 4.03. The molecule has 0 N–H and O–H groups in total. The molecule has 0 bridgehead atoms. The quantitative estimate of drug-likeness (QED) is 0.168. The van der Waals surface area contributed by atoms with Gasteiger partial charge >= 0.3 is 0 Å². The topological polar surface area (TPSA) is 61.7 Å². The van der Waals surface area contributed by atoms with Crippen LogP contribution >= 0.6 is 0 Å². The van der Waals surface area contributed by atoms with Gasteiger partial charge in [0.1, 0.15) is 5.58 Å². The molecule has 0 fully saturated rings. The number of para-hydroxylation sites is 3. The first-order valence-electron chi connectivity index (χ1n) is 21.8. The van der Waals surface area contributed by atoms with Crippen molar-refractivity contribution in [2.45, 2.75) is 25.3 Å². The number of fused-ring (bicyclic) bond motifs is 10. The number of furan rings is 1. The van der Waals surface area contributed by atoms with Gasteiger partial charge in [0.25, 0.3) is 0 Å². The Kier molecular flexibility index (Phi) is 8.06. The Morgan fingerprint density at radius 3 is 1.95 bits per heavy atom. The van der Waals surface area contributed by atoms with Crippen LogP contribution in [0, 0.1) is 0 Å². The van der Waals surface area contributed by atoms with Gasteiger partial charge in [-0.25, -0.2) is 15.0 Å². The van der Waals surface area contributed by atoms with Crippen molar-refractivity contribution in [1.82, 2.24) is 24.1 Å². The summed E-state index contributed by atoms with van der Waals surface area (Å²) in [6.07, 6.45) is 18.4. The third kappa shape index (κ3) is 5.54. The molecule has 6 nitrogen and oxygen atoms in total. The minimum absolute atomic E-state index is 0.165. The Labute approximate surface area is 363 Å². The Bertz CT molecular complexity index is 3770. The fourth-order valence-electron chi connectivity index (χ4n) is 10.1. The van der Waals surface area contributed by atoms with Crippen molar-refractivity contribution >= 4 is 71.1 Å². The molecular formula is C57H39N5O. The lowest BCUT2D eigenvalue weighted by Crippen LogP contribution is -2.08. The summed E-state index contributed by atoms with van der Waals surface area (Å²) >= 11 is 0. The van der Waals surface area contributed by atoms with Gasteiger partial charge in [0.15, 0.2) is 23.1 Å². The SMILES string of the molecule is C1=CCC(n2c3ccccc3c3ccc4c5ccccc5n(-c5cccc6c5oc5c(-c7ccccc7)ccc(-c7nc(C8=CCCC=C8)nc(-c8ccccc8)n7)c56)c4c32)C=C1. The number of allylic oxidation sites excluding steroid dienone is 8. The predicted octanol–water partition coefficient (Wildman–Crippen LogP) is 14.8. The second-order valence-corrected chi connectivity index (χ2v) is 16.5. The summed E-state index contributed by atoms with van der Waals surface area (Å²) in [4.78, 5) is 15.5. The second-order valence-electron chi connectivity index (χ2n) is 16.5. The molecule has 13 rings (SSSR count). The zero-order valence-electron chi connectivity index (χ0n) is 34.3. The fourth-order valence-corrected chi connectivity index (χ4v) is 10.1. The van der Waals surface area contributed by atoms with Crippen LogP contribution in [0.4, 0.5) is 0 Å². The number of hydrogen-bond donors (Lipinski definition) is 0. The largest absolute Gasteiger partial charge is 0.453 e. The van der Waals surface area contributed by atoms with Crippen molar-refractivity contribution in [1.29, 1.82) is 0 Å². The first-order chi connectivity index (χ1) is 31.3. The molecule has 6 heteroatoms. The van der Waals surface area contributed by atoms with Gasteiger partial charge < -0.3 is 13.6 Å². The monoisotopic (exact) mass is 809 g/mol. The van der Waals surface area contributed by atoms with Gasteiger partial charge in [0.2, 0.25) is 0 Å². The molecule has 11 aromatic rings. The number of hydrogen-bond acceptors (Lipinski definition) is 4. The summed E-state index contributed by atoms with van der Waals surface area (Å²) in [6.45, 7) is 0. The molecule has 2 aliphatic carbocycles. The molecule has 0 aliphatic heterocycles. The van der Waals surface area contributed by atoms with Crippen LogP contribution in [0.1, 0.15) is 31.1 Å². The first-order valence-corrected chi connectivity index (χ1v) is 21.8. The van der Waals surface area contributed by atoms with E-state index < -0.39 is 0 Å². The van der Waals surface area contributed by atoms with E-state index in [0.29, 0.717) is 17.5 Å². The van der Waals surface area contributed by atoms with Gasteiger partial charge in [0.05, 0.1) is 28.3 Å². The van der Waals surface area contributed by atoms with Crippen LogP contribution in [0.3, 0.4) is 0 Å². The number of aromatic nitrogens is 5. The maximum atomic E-state index is 7.39. The average molecular weight is 810 g/mol. The van der Waals surface area contributed by atoms with E-state index in [-0.39, 0.29) is 6.04 Å². The van der Waals surface area contributed by atoms with Crippen LogP contribution in [0.2, 0.25) is 0 Å². The van der Waals surface area contributed by atoms with Gasteiger partial charge in [-0.1, -0.05) is 164 Å². The van der Waals surface area contributed by atoms with Crippen LogP contribution in [-0.2, 0) is 0 Å². The van der Waals surface area contributed by atoms with E-state index in [2.05, 4.69) is 185 Å². The lowest BCUT2D eigenvalue weighted by molar-refractivity contribution is 0.648. The summed E-state index contributed by atoms with van der Waals surface area (Å²) in [5, 5.41) is 6.85. The molecule has 4 aromatic heterocycles. The summed E-state index contributed by atoms with van der Waals surface area (Å²) in [5.74, 6) is 1.91. The Morgan fingerprint density at radius 1 is 0.492 bits per heavy atom. The zero-order valence-corrected chi connectivity index (χ0v) is 34.3. The first kappa shape index (κ1) is 35.6. The highest BCUT2D eigenvalue weighted by molar-refractivity contribution is 6.24. The summed E-state index contributed by atoms with van der Waals surface area (Å²) in [6, 6.07) is 54.0. The molecule has 2 aliphatic rings. The zero-order chi connectivity index (χ0) is 41.4. The van der Waals surface area contributed by atoms with E-state index in [1.807, 2.05) is 18.2 Å². The van der Waals surface area contributed by atoms with E-state index in [1.54, 1.807) is 0 Å². The number of nitrogens with zero attached hydrogens (tertiary/aromatic N) is 5. The van der Waals surface area contributed by atoms with Crippen LogP contribution < -0.4 is 0 Å². The van der Waals surface area contributed by atoms with E-state index in [9.17, 15) is 0 Å². The minimum atomic E-state index is 0.165. The van der Waals surface area contributed by atoms with Crippen LogP contribution in [-0.4, -0.2) is 24.1 Å². The Hall–Kier alpha value is -8.09. The van der Waals surface area contributed by atoms with Crippen LogP contribution in [0.5, 0.6) is 0 Å². The predicted molar refractivity (Wildman–Crippen MR) is 259 cm³/mol. The van der Waals surface area contributed by atoms with E-state index in [4.69, 9.17) is 19.4 Å².